The van der Waals surface area contributed by atoms with Gasteiger partial charge in [0.25, 0.3) is 0 Å². The highest BCUT2D eigenvalue weighted by atomic mass is 35.5. The van der Waals surface area contributed by atoms with E-state index < -0.39 is 0 Å². The standard InChI is InChI=1S/C19H23ClN2O2.2ClH/c1-23-19-4-2-14(10-16(19)20)18-5-3-15(24-18)11-21-17-12-22-8-6-13(17)7-9-22;;/h2-5,10,13,17,21H,6-9,11-12H2,1H3;2*1H. The zero-order chi connectivity index (χ0) is 16.5. The topological polar surface area (TPSA) is 37.6 Å². The number of ether oxygens (including phenoxy) is 1. The zero-order valence-electron chi connectivity index (χ0n) is 14.7. The summed E-state index contributed by atoms with van der Waals surface area (Å²) in [6.07, 6.45) is 2.65. The Morgan fingerprint density at radius 1 is 1.19 bits per heavy atom. The average Bonchev–Trinajstić information content (AvgIpc) is 3.10. The first-order chi connectivity index (χ1) is 11.7. The molecule has 2 aromatic rings. The van der Waals surface area contributed by atoms with Gasteiger partial charge in [0, 0.05) is 18.2 Å². The lowest BCUT2D eigenvalue weighted by Gasteiger charge is -2.45. The number of nitrogens with zero attached hydrogens (tertiary/aromatic N) is 1. The summed E-state index contributed by atoms with van der Waals surface area (Å²) >= 11 is 6.20. The van der Waals surface area contributed by atoms with Gasteiger partial charge in [-0.1, -0.05) is 11.6 Å². The third kappa shape index (κ3) is 4.49. The summed E-state index contributed by atoms with van der Waals surface area (Å²) in [5, 5.41) is 4.28. The molecule has 1 N–H and O–H groups in total. The van der Waals surface area contributed by atoms with Gasteiger partial charge < -0.3 is 19.4 Å². The maximum Gasteiger partial charge on any atom is 0.137 e. The van der Waals surface area contributed by atoms with Gasteiger partial charge in [0.15, 0.2) is 0 Å². The van der Waals surface area contributed by atoms with E-state index >= 15 is 0 Å². The van der Waals surface area contributed by atoms with E-state index in [2.05, 4.69) is 10.2 Å². The summed E-state index contributed by atoms with van der Waals surface area (Å²) in [5.74, 6) is 3.31. The van der Waals surface area contributed by atoms with Crippen LogP contribution >= 0.6 is 36.4 Å². The molecule has 26 heavy (non-hydrogen) atoms. The summed E-state index contributed by atoms with van der Waals surface area (Å²) in [6, 6.07) is 10.4. The van der Waals surface area contributed by atoms with E-state index in [-0.39, 0.29) is 24.8 Å². The highest BCUT2D eigenvalue weighted by Gasteiger charge is 2.33. The molecule has 3 aliphatic rings. The van der Waals surface area contributed by atoms with E-state index in [0.717, 1.165) is 29.5 Å². The highest BCUT2D eigenvalue weighted by molar-refractivity contribution is 6.32. The molecule has 144 valence electrons. The Bertz CT molecular complexity index is 715. The number of methoxy groups -OCH3 is 1. The van der Waals surface area contributed by atoms with E-state index in [0.29, 0.717) is 16.8 Å². The molecule has 3 aliphatic heterocycles. The van der Waals surface area contributed by atoms with Crippen molar-refractivity contribution in [3.05, 3.63) is 41.1 Å². The summed E-state index contributed by atoms with van der Waals surface area (Å²) in [7, 11) is 1.62. The average molecular weight is 420 g/mol. The highest BCUT2D eigenvalue weighted by Crippen LogP contribution is 2.31. The largest absolute Gasteiger partial charge is 0.495 e. The summed E-state index contributed by atoms with van der Waals surface area (Å²) < 4.78 is 11.2. The molecule has 4 heterocycles. The molecule has 3 fully saturated rings. The lowest BCUT2D eigenvalue weighted by molar-refractivity contribution is 0.0711. The molecule has 7 heteroatoms. The number of rotatable bonds is 5. The fourth-order valence-electron chi connectivity index (χ4n) is 3.88. The monoisotopic (exact) mass is 418 g/mol. The molecule has 1 aromatic heterocycles. The van der Waals surface area contributed by atoms with Gasteiger partial charge in [0.1, 0.15) is 17.3 Å². The number of furan rings is 1. The molecule has 1 unspecified atom stereocenters. The van der Waals surface area contributed by atoms with Crippen LogP contribution in [0.1, 0.15) is 18.6 Å². The SMILES string of the molecule is COc1ccc(-c2ccc(CNC3CN4CCC3CC4)o2)cc1Cl.Cl.Cl. The van der Waals surface area contributed by atoms with Gasteiger partial charge in [-0.25, -0.2) is 0 Å². The number of halogens is 3. The van der Waals surface area contributed by atoms with E-state index in [1.165, 1.54) is 32.5 Å². The zero-order valence-corrected chi connectivity index (χ0v) is 17.1. The van der Waals surface area contributed by atoms with Crippen molar-refractivity contribution in [2.75, 3.05) is 26.7 Å². The fraction of sp³-hybridized carbons (Fsp3) is 0.474. The van der Waals surface area contributed by atoms with Crippen molar-refractivity contribution in [1.29, 1.82) is 0 Å². The molecule has 0 amide bonds. The van der Waals surface area contributed by atoms with Crippen molar-refractivity contribution in [3.8, 4) is 17.1 Å². The molecular weight excluding hydrogens is 395 g/mol. The maximum atomic E-state index is 6.20. The third-order valence-corrected chi connectivity index (χ3v) is 5.59. The first-order valence-corrected chi connectivity index (χ1v) is 8.99. The molecule has 4 nitrogen and oxygen atoms in total. The molecule has 2 bridgehead atoms. The summed E-state index contributed by atoms with van der Waals surface area (Å²) in [4.78, 5) is 2.56. The van der Waals surface area contributed by atoms with Crippen LogP contribution in [-0.4, -0.2) is 37.7 Å². The molecule has 1 aromatic carbocycles. The van der Waals surface area contributed by atoms with Crippen LogP contribution < -0.4 is 10.1 Å². The van der Waals surface area contributed by atoms with E-state index in [4.69, 9.17) is 20.8 Å². The van der Waals surface area contributed by atoms with Crippen LogP contribution in [0.4, 0.5) is 0 Å². The number of benzene rings is 1. The van der Waals surface area contributed by atoms with Crippen molar-refractivity contribution in [2.24, 2.45) is 5.92 Å². The van der Waals surface area contributed by atoms with Crippen LogP contribution in [-0.2, 0) is 6.54 Å². The normalized spacial score (nSPS) is 23.8. The Balaban J connectivity index is 0.00000121. The first kappa shape index (κ1) is 21.4. The van der Waals surface area contributed by atoms with Crippen LogP contribution in [0.5, 0.6) is 5.75 Å². The van der Waals surface area contributed by atoms with Crippen molar-refractivity contribution in [3.63, 3.8) is 0 Å². The van der Waals surface area contributed by atoms with Gasteiger partial charge in [-0.3, -0.25) is 0 Å². The summed E-state index contributed by atoms with van der Waals surface area (Å²) in [5.41, 5.74) is 0.967. The smallest absolute Gasteiger partial charge is 0.137 e. The fourth-order valence-corrected chi connectivity index (χ4v) is 4.13. The number of fused-ring (bicyclic) bond motifs is 3. The van der Waals surface area contributed by atoms with Crippen LogP contribution in [0.3, 0.4) is 0 Å². The predicted octanol–water partition coefficient (Wildman–Crippen LogP) is 4.64. The van der Waals surface area contributed by atoms with Gasteiger partial charge in [0.05, 0.1) is 18.7 Å². The quantitative estimate of drug-likeness (QED) is 0.766. The lowest BCUT2D eigenvalue weighted by Crippen LogP contribution is -2.55. The van der Waals surface area contributed by atoms with Crippen molar-refractivity contribution in [1.82, 2.24) is 10.2 Å². The van der Waals surface area contributed by atoms with E-state index in [1.807, 2.05) is 30.3 Å². The van der Waals surface area contributed by atoms with Crippen LogP contribution in [0.2, 0.25) is 5.02 Å². The number of hydrogen-bond donors (Lipinski definition) is 1. The second-order valence-electron chi connectivity index (χ2n) is 6.74. The maximum absolute atomic E-state index is 6.20. The van der Waals surface area contributed by atoms with Gasteiger partial charge in [-0.05, 0) is 62.2 Å². The molecule has 3 saturated heterocycles. The van der Waals surface area contributed by atoms with Crippen molar-refractivity contribution in [2.45, 2.75) is 25.4 Å². The molecular formula is C19H25Cl3N2O2. The Labute approximate surface area is 172 Å². The van der Waals surface area contributed by atoms with Gasteiger partial charge in [-0.2, -0.15) is 0 Å². The minimum atomic E-state index is 0. The second kappa shape index (κ2) is 9.34. The molecule has 1 atom stereocenters. The minimum Gasteiger partial charge on any atom is -0.495 e. The minimum absolute atomic E-state index is 0. The Kier molecular flexibility index (Phi) is 7.68. The van der Waals surface area contributed by atoms with Crippen LogP contribution in [0, 0.1) is 5.92 Å². The Morgan fingerprint density at radius 2 is 1.96 bits per heavy atom. The van der Waals surface area contributed by atoms with E-state index in [9.17, 15) is 0 Å². The Morgan fingerprint density at radius 3 is 2.58 bits per heavy atom. The van der Waals surface area contributed by atoms with Gasteiger partial charge in [0.2, 0.25) is 0 Å². The van der Waals surface area contributed by atoms with Gasteiger partial charge >= 0.3 is 0 Å². The predicted molar refractivity (Wildman–Crippen MR) is 110 cm³/mol. The first-order valence-electron chi connectivity index (χ1n) is 8.61. The third-order valence-electron chi connectivity index (χ3n) is 5.29. The number of hydrogen-bond acceptors (Lipinski definition) is 4. The van der Waals surface area contributed by atoms with Crippen LogP contribution in [0.15, 0.2) is 34.7 Å². The number of nitrogens with one attached hydrogen (secondary N) is 1. The van der Waals surface area contributed by atoms with Crippen molar-refractivity contribution >= 4 is 36.4 Å². The molecule has 0 aliphatic carbocycles. The molecule has 0 spiro atoms. The second-order valence-corrected chi connectivity index (χ2v) is 7.15. The summed E-state index contributed by atoms with van der Waals surface area (Å²) in [6.45, 7) is 4.49. The molecule has 5 rings (SSSR count). The molecule has 0 radical (unpaired) electrons. The van der Waals surface area contributed by atoms with Crippen molar-refractivity contribution < 1.29 is 9.15 Å². The Hall–Kier alpha value is -0.910. The molecule has 0 saturated carbocycles. The van der Waals surface area contributed by atoms with E-state index in [1.54, 1.807) is 7.11 Å². The number of piperidine rings is 3. The van der Waals surface area contributed by atoms with Crippen LogP contribution in [0.25, 0.3) is 11.3 Å². The lowest BCUT2D eigenvalue weighted by atomic mass is 9.84. The van der Waals surface area contributed by atoms with Gasteiger partial charge in [-0.15, -0.1) is 24.8 Å².